The lowest BCUT2D eigenvalue weighted by Gasteiger charge is -2.12. The van der Waals surface area contributed by atoms with E-state index in [4.69, 9.17) is 9.15 Å². The lowest BCUT2D eigenvalue weighted by atomic mass is 10.1. The van der Waals surface area contributed by atoms with Crippen LogP contribution in [0.5, 0.6) is 0 Å². The predicted octanol–water partition coefficient (Wildman–Crippen LogP) is 3.23. The molecule has 1 aromatic heterocycles. The first-order valence-corrected chi connectivity index (χ1v) is 6.55. The van der Waals surface area contributed by atoms with Gasteiger partial charge in [-0.1, -0.05) is 12.1 Å². The second kappa shape index (κ2) is 6.39. The van der Waals surface area contributed by atoms with Gasteiger partial charge in [-0.3, -0.25) is 4.79 Å². The van der Waals surface area contributed by atoms with Crippen molar-refractivity contribution >= 4 is 5.91 Å². The molecule has 0 aliphatic carbocycles. The molecule has 0 aliphatic rings. The molecule has 0 spiro atoms. The number of hydrogen-bond acceptors (Lipinski definition) is 3. The van der Waals surface area contributed by atoms with E-state index in [1.165, 1.54) is 0 Å². The molecule has 2 rings (SSSR count). The molecule has 0 fully saturated rings. The fourth-order valence-electron chi connectivity index (χ4n) is 2.01. The maximum atomic E-state index is 12.2. The van der Waals surface area contributed by atoms with E-state index in [0.717, 1.165) is 17.1 Å². The van der Waals surface area contributed by atoms with E-state index >= 15 is 0 Å². The van der Waals surface area contributed by atoms with Crippen LogP contribution in [0.4, 0.5) is 0 Å². The van der Waals surface area contributed by atoms with Crippen molar-refractivity contribution in [3.63, 3.8) is 0 Å². The summed E-state index contributed by atoms with van der Waals surface area (Å²) in [5.41, 5.74) is 1.59. The Bertz CT molecular complexity index is 589. The van der Waals surface area contributed by atoms with Crippen LogP contribution >= 0.6 is 0 Å². The van der Waals surface area contributed by atoms with Gasteiger partial charge in [-0.15, -0.1) is 0 Å². The maximum Gasteiger partial charge on any atom is 0.251 e. The first kappa shape index (κ1) is 14.3. The van der Waals surface area contributed by atoms with Crippen molar-refractivity contribution in [3.8, 4) is 0 Å². The number of ether oxygens (including phenoxy) is 1. The molecule has 0 radical (unpaired) electrons. The van der Waals surface area contributed by atoms with E-state index in [0.29, 0.717) is 12.2 Å². The van der Waals surface area contributed by atoms with E-state index in [2.05, 4.69) is 5.32 Å². The normalized spacial score (nSPS) is 12.2. The van der Waals surface area contributed by atoms with Crippen LogP contribution in [-0.4, -0.2) is 13.0 Å². The van der Waals surface area contributed by atoms with Gasteiger partial charge in [0.15, 0.2) is 0 Å². The Morgan fingerprint density at radius 3 is 2.80 bits per heavy atom. The fraction of sp³-hybridized carbons (Fsp3) is 0.312. The number of rotatable bonds is 5. The molecule has 1 aromatic carbocycles. The molecule has 0 unspecified atom stereocenters. The van der Waals surface area contributed by atoms with Gasteiger partial charge in [0.05, 0.1) is 12.6 Å². The first-order chi connectivity index (χ1) is 9.60. The Hall–Kier alpha value is -2.07. The molecule has 0 saturated carbocycles. The third-order valence-corrected chi connectivity index (χ3v) is 3.04. The number of furan rings is 1. The second-order valence-electron chi connectivity index (χ2n) is 4.78. The lowest BCUT2D eigenvalue weighted by Crippen LogP contribution is -2.26. The highest BCUT2D eigenvalue weighted by atomic mass is 16.5. The van der Waals surface area contributed by atoms with Gasteiger partial charge < -0.3 is 14.5 Å². The Kier molecular flexibility index (Phi) is 4.58. The van der Waals surface area contributed by atoms with Crippen molar-refractivity contribution in [1.82, 2.24) is 5.32 Å². The number of carbonyl (C=O) groups is 1. The van der Waals surface area contributed by atoms with E-state index in [-0.39, 0.29) is 11.9 Å². The van der Waals surface area contributed by atoms with Gasteiger partial charge in [-0.2, -0.15) is 0 Å². The van der Waals surface area contributed by atoms with Gasteiger partial charge in [0.25, 0.3) is 5.91 Å². The highest BCUT2D eigenvalue weighted by Crippen LogP contribution is 2.16. The van der Waals surface area contributed by atoms with Crippen molar-refractivity contribution < 1.29 is 13.9 Å². The molecular weight excluding hydrogens is 254 g/mol. The van der Waals surface area contributed by atoms with Crippen LogP contribution in [0.15, 0.2) is 40.8 Å². The number of carbonyl (C=O) groups excluding carboxylic acids is 1. The summed E-state index contributed by atoms with van der Waals surface area (Å²) >= 11 is 0. The number of benzene rings is 1. The zero-order valence-electron chi connectivity index (χ0n) is 12.0. The summed E-state index contributed by atoms with van der Waals surface area (Å²) in [6, 6.07) is 11.0. The minimum atomic E-state index is -0.165. The summed E-state index contributed by atoms with van der Waals surface area (Å²) < 4.78 is 10.6. The fourth-order valence-corrected chi connectivity index (χ4v) is 2.01. The molecule has 20 heavy (non-hydrogen) atoms. The Morgan fingerprint density at radius 1 is 1.35 bits per heavy atom. The van der Waals surface area contributed by atoms with E-state index in [9.17, 15) is 4.79 Å². The third-order valence-electron chi connectivity index (χ3n) is 3.04. The average molecular weight is 273 g/mol. The van der Waals surface area contributed by atoms with Crippen LogP contribution in [0.25, 0.3) is 0 Å². The topological polar surface area (TPSA) is 51.5 Å². The number of amides is 1. The third kappa shape index (κ3) is 3.48. The highest BCUT2D eigenvalue weighted by molar-refractivity contribution is 5.94. The predicted molar refractivity (Wildman–Crippen MR) is 76.5 cm³/mol. The number of hydrogen-bond donors (Lipinski definition) is 1. The number of methoxy groups -OCH3 is 1. The molecule has 1 atom stereocenters. The molecule has 106 valence electrons. The molecule has 0 saturated heterocycles. The second-order valence-corrected chi connectivity index (χ2v) is 4.78. The minimum Gasteiger partial charge on any atom is -0.464 e. The van der Waals surface area contributed by atoms with Crippen molar-refractivity contribution in [1.29, 1.82) is 0 Å². The van der Waals surface area contributed by atoms with Gasteiger partial charge in [-0.25, -0.2) is 0 Å². The molecule has 0 aliphatic heterocycles. The largest absolute Gasteiger partial charge is 0.464 e. The molecule has 1 heterocycles. The van der Waals surface area contributed by atoms with Gasteiger partial charge in [0.2, 0.25) is 0 Å². The van der Waals surface area contributed by atoms with Crippen molar-refractivity contribution in [3.05, 3.63) is 59.0 Å². The molecule has 1 N–H and O–H groups in total. The summed E-state index contributed by atoms with van der Waals surface area (Å²) in [5, 5.41) is 2.92. The van der Waals surface area contributed by atoms with Crippen LogP contribution in [-0.2, 0) is 11.3 Å². The first-order valence-electron chi connectivity index (χ1n) is 6.55. The Balaban J connectivity index is 2.06. The standard InChI is InChI=1S/C16H19NO3/c1-11-7-8-15(20-11)12(2)17-16(18)14-6-4-5-13(9-14)10-19-3/h4-9,12H,10H2,1-3H3,(H,17,18)/t12-/m0/s1. The molecular formula is C16H19NO3. The van der Waals surface area contributed by atoms with Gasteiger partial charge >= 0.3 is 0 Å². The number of nitrogens with one attached hydrogen (secondary N) is 1. The van der Waals surface area contributed by atoms with E-state index in [1.54, 1.807) is 13.2 Å². The van der Waals surface area contributed by atoms with Crippen molar-refractivity contribution in [2.75, 3.05) is 7.11 Å². The molecule has 4 nitrogen and oxygen atoms in total. The molecule has 1 amide bonds. The summed E-state index contributed by atoms with van der Waals surface area (Å²) in [6.07, 6.45) is 0. The van der Waals surface area contributed by atoms with Crippen LogP contribution in [0.2, 0.25) is 0 Å². The summed E-state index contributed by atoms with van der Waals surface area (Å²) in [7, 11) is 1.63. The molecule has 4 heteroatoms. The summed E-state index contributed by atoms with van der Waals surface area (Å²) in [5.74, 6) is 1.47. The zero-order valence-corrected chi connectivity index (χ0v) is 12.0. The zero-order chi connectivity index (χ0) is 14.5. The van der Waals surface area contributed by atoms with Crippen LogP contribution in [0.1, 0.15) is 40.4 Å². The molecule has 0 bridgehead atoms. The number of aryl methyl sites for hydroxylation is 1. The molecule has 2 aromatic rings. The summed E-state index contributed by atoms with van der Waals surface area (Å²) in [4.78, 5) is 12.2. The van der Waals surface area contributed by atoms with E-state index in [1.807, 2.05) is 44.2 Å². The van der Waals surface area contributed by atoms with Crippen LogP contribution in [0, 0.1) is 6.92 Å². The van der Waals surface area contributed by atoms with Gasteiger partial charge in [0.1, 0.15) is 11.5 Å². The smallest absolute Gasteiger partial charge is 0.251 e. The SMILES string of the molecule is COCc1cccc(C(=O)N[C@@H](C)c2ccc(C)o2)c1. The Morgan fingerprint density at radius 2 is 2.15 bits per heavy atom. The highest BCUT2D eigenvalue weighted by Gasteiger charge is 2.14. The lowest BCUT2D eigenvalue weighted by molar-refractivity contribution is 0.0934. The van der Waals surface area contributed by atoms with Crippen molar-refractivity contribution in [2.24, 2.45) is 0 Å². The van der Waals surface area contributed by atoms with Gasteiger partial charge in [-0.05, 0) is 43.7 Å². The Labute approximate surface area is 118 Å². The van der Waals surface area contributed by atoms with Crippen molar-refractivity contribution in [2.45, 2.75) is 26.5 Å². The maximum absolute atomic E-state index is 12.2. The van der Waals surface area contributed by atoms with E-state index < -0.39 is 0 Å². The van der Waals surface area contributed by atoms with Gasteiger partial charge in [0, 0.05) is 12.7 Å². The average Bonchev–Trinajstić information content (AvgIpc) is 2.86. The monoisotopic (exact) mass is 273 g/mol. The van der Waals surface area contributed by atoms with Crippen LogP contribution in [0.3, 0.4) is 0 Å². The summed E-state index contributed by atoms with van der Waals surface area (Å²) in [6.45, 7) is 4.27. The van der Waals surface area contributed by atoms with Crippen LogP contribution < -0.4 is 5.32 Å². The minimum absolute atomic E-state index is 0.121. The quantitative estimate of drug-likeness (QED) is 0.910.